The van der Waals surface area contributed by atoms with Gasteiger partial charge < -0.3 is 10.4 Å². The van der Waals surface area contributed by atoms with E-state index in [1.54, 1.807) is 0 Å². The maximum absolute atomic E-state index is 10.9. The van der Waals surface area contributed by atoms with E-state index in [1.807, 2.05) is 0 Å². The lowest BCUT2D eigenvalue weighted by molar-refractivity contribution is -0.133. The molecule has 2 atom stereocenters. The summed E-state index contributed by atoms with van der Waals surface area (Å²) in [5.74, 6) is -0.442. The zero-order valence-electron chi connectivity index (χ0n) is 10.8. The lowest BCUT2D eigenvalue weighted by Gasteiger charge is -2.24. The third kappa shape index (κ3) is 5.31. The van der Waals surface area contributed by atoms with Crippen LogP contribution in [0.15, 0.2) is 12.2 Å². The number of carboxylic acids is 1. The normalized spacial score (nSPS) is 14.4. The Bertz CT molecular complexity index is 226. The Morgan fingerprint density at radius 3 is 2.44 bits per heavy atom. The van der Waals surface area contributed by atoms with Crippen LogP contribution in [0.5, 0.6) is 0 Å². The fraction of sp³-hybridized carbons (Fsp3) is 0.769. The van der Waals surface area contributed by atoms with Gasteiger partial charge in [-0.15, -0.1) is 0 Å². The summed E-state index contributed by atoms with van der Waals surface area (Å²) in [6.45, 7) is 11.8. The van der Waals surface area contributed by atoms with Gasteiger partial charge in [-0.05, 0) is 37.8 Å². The van der Waals surface area contributed by atoms with E-state index < -0.39 is 5.97 Å². The predicted molar refractivity (Wildman–Crippen MR) is 67.5 cm³/mol. The van der Waals surface area contributed by atoms with Gasteiger partial charge in [-0.25, -0.2) is 4.79 Å². The molecule has 0 rings (SSSR count). The lowest BCUT2D eigenvalue weighted by Crippen LogP contribution is -2.29. The molecule has 0 saturated heterocycles. The summed E-state index contributed by atoms with van der Waals surface area (Å²) >= 11 is 0. The van der Waals surface area contributed by atoms with Gasteiger partial charge in [0.15, 0.2) is 0 Å². The topological polar surface area (TPSA) is 49.3 Å². The van der Waals surface area contributed by atoms with Crippen LogP contribution in [-0.2, 0) is 4.79 Å². The molecule has 3 heteroatoms. The molecule has 0 radical (unpaired) electrons. The van der Waals surface area contributed by atoms with Crippen LogP contribution in [0, 0.1) is 11.8 Å². The first-order valence-corrected chi connectivity index (χ1v) is 6.17. The van der Waals surface area contributed by atoms with Crippen molar-refractivity contribution in [1.29, 1.82) is 0 Å². The van der Waals surface area contributed by atoms with Crippen molar-refractivity contribution in [2.75, 3.05) is 13.1 Å². The summed E-state index contributed by atoms with van der Waals surface area (Å²) in [7, 11) is 0. The summed E-state index contributed by atoms with van der Waals surface area (Å²) in [5, 5.41) is 12.3. The predicted octanol–water partition coefficient (Wildman–Crippen LogP) is 2.68. The van der Waals surface area contributed by atoms with Crippen molar-refractivity contribution in [1.82, 2.24) is 5.32 Å². The molecular weight excluding hydrogens is 202 g/mol. The highest BCUT2D eigenvalue weighted by Crippen LogP contribution is 2.24. The maximum Gasteiger partial charge on any atom is 0.331 e. The van der Waals surface area contributed by atoms with E-state index in [0.717, 1.165) is 32.4 Å². The third-order valence-electron chi connectivity index (χ3n) is 2.90. The number of aliphatic carboxylic acids is 1. The molecule has 2 unspecified atom stereocenters. The molecule has 2 N–H and O–H groups in total. The lowest BCUT2D eigenvalue weighted by atomic mass is 9.84. The van der Waals surface area contributed by atoms with Crippen molar-refractivity contribution >= 4 is 5.97 Å². The Morgan fingerprint density at radius 1 is 1.38 bits per heavy atom. The van der Waals surface area contributed by atoms with Gasteiger partial charge >= 0.3 is 5.97 Å². The van der Waals surface area contributed by atoms with E-state index in [1.165, 1.54) is 0 Å². The van der Waals surface area contributed by atoms with Gasteiger partial charge in [0.05, 0.1) is 0 Å². The first-order chi connectivity index (χ1) is 7.54. The van der Waals surface area contributed by atoms with Crippen molar-refractivity contribution < 1.29 is 9.90 Å². The monoisotopic (exact) mass is 227 g/mol. The van der Waals surface area contributed by atoms with E-state index in [2.05, 4.69) is 32.7 Å². The number of hydrogen-bond donors (Lipinski definition) is 2. The molecule has 0 aliphatic rings. The van der Waals surface area contributed by atoms with Crippen LogP contribution < -0.4 is 5.32 Å². The largest absolute Gasteiger partial charge is 0.478 e. The number of rotatable bonds is 9. The summed E-state index contributed by atoms with van der Waals surface area (Å²) in [6.07, 6.45) is 3.00. The first kappa shape index (κ1) is 15.2. The van der Waals surface area contributed by atoms with E-state index in [9.17, 15) is 4.79 Å². The number of carboxylic acid groups (broad SMARTS) is 1. The fourth-order valence-corrected chi connectivity index (χ4v) is 1.92. The second kappa shape index (κ2) is 8.34. The quantitative estimate of drug-likeness (QED) is 0.470. The van der Waals surface area contributed by atoms with E-state index in [4.69, 9.17) is 5.11 Å². The number of hydrogen-bond acceptors (Lipinski definition) is 2. The minimum Gasteiger partial charge on any atom is -0.478 e. The zero-order valence-corrected chi connectivity index (χ0v) is 10.8. The standard InChI is InChI=1S/C13H25NO2/c1-5-7-12(11(4)13(15)16)10(3)9-14-8-6-2/h10,12,14H,4-9H2,1-3H3,(H,15,16). The van der Waals surface area contributed by atoms with Crippen LogP contribution in [0.3, 0.4) is 0 Å². The van der Waals surface area contributed by atoms with Crippen molar-refractivity contribution in [3.63, 3.8) is 0 Å². The van der Waals surface area contributed by atoms with Crippen molar-refractivity contribution in [2.24, 2.45) is 11.8 Å². The molecule has 94 valence electrons. The van der Waals surface area contributed by atoms with Crippen LogP contribution in [0.4, 0.5) is 0 Å². The Kier molecular flexibility index (Phi) is 7.90. The first-order valence-electron chi connectivity index (χ1n) is 6.17. The molecule has 3 nitrogen and oxygen atoms in total. The summed E-state index contributed by atoms with van der Waals surface area (Å²) in [6, 6.07) is 0. The third-order valence-corrected chi connectivity index (χ3v) is 2.90. The zero-order chi connectivity index (χ0) is 12.6. The van der Waals surface area contributed by atoms with Gasteiger partial charge in [-0.2, -0.15) is 0 Å². The van der Waals surface area contributed by atoms with E-state index in [-0.39, 0.29) is 5.92 Å². The minimum atomic E-state index is -0.860. The Labute approximate surface area is 98.9 Å². The Morgan fingerprint density at radius 2 is 2.00 bits per heavy atom. The van der Waals surface area contributed by atoms with Gasteiger partial charge in [0.2, 0.25) is 0 Å². The minimum absolute atomic E-state index is 0.0897. The molecule has 0 fully saturated rings. The summed E-state index contributed by atoms with van der Waals surface area (Å²) < 4.78 is 0. The van der Waals surface area contributed by atoms with Gasteiger partial charge in [-0.3, -0.25) is 0 Å². The highest BCUT2D eigenvalue weighted by molar-refractivity contribution is 5.86. The molecule has 0 aromatic rings. The van der Waals surface area contributed by atoms with Crippen LogP contribution in [0.25, 0.3) is 0 Å². The molecule has 0 saturated carbocycles. The molecule has 0 aliphatic heterocycles. The van der Waals surface area contributed by atoms with Gasteiger partial charge in [-0.1, -0.05) is 33.8 Å². The van der Waals surface area contributed by atoms with Crippen molar-refractivity contribution in [3.05, 3.63) is 12.2 Å². The molecule has 0 amide bonds. The Hall–Kier alpha value is -0.830. The van der Waals surface area contributed by atoms with Crippen LogP contribution in [-0.4, -0.2) is 24.2 Å². The second-order valence-corrected chi connectivity index (χ2v) is 4.41. The summed E-state index contributed by atoms with van der Waals surface area (Å²) in [5.41, 5.74) is 0.354. The van der Waals surface area contributed by atoms with Gasteiger partial charge in [0, 0.05) is 5.57 Å². The molecule has 0 bridgehead atoms. The average molecular weight is 227 g/mol. The highest BCUT2D eigenvalue weighted by atomic mass is 16.4. The maximum atomic E-state index is 10.9. The molecular formula is C13H25NO2. The van der Waals surface area contributed by atoms with E-state index >= 15 is 0 Å². The van der Waals surface area contributed by atoms with E-state index in [0.29, 0.717) is 11.5 Å². The SMILES string of the molecule is C=C(C(=O)O)C(CCC)C(C)CNCCC. The highest BCUT2D eigenvalue weighted by Gasteiger charge is 2.23. The molecule has 0 spiro atoms. The smallest absolute Gasteiger partial charge is 0.331 e. The van der Waals surface area contributed by atoms with Gasteiger partial charge in [0.1, 0.15) is 0 Å². The molecule has 0 aromatic heterocycles. The van der Waals surface area contributed by atoms with Crippen LogP contribution in [0.1, 0.15) is 40.0 Å². The van der Waals surface area contributed by atoms with Crippen molar-refractivity contribution in [2.45, 2.75) is 40.0 Å². The average Bonchev–Trinajstić information content (AvgIpc) is 2.25. The second-order valence-electron chi connectivity index (χ2n) is 4.41. The number of carbonyl (C=O) groups is 1. The van der Waals surface area contributed by atoms with Crippen molar-refractivity contribution in [3.8, 4) is 0 Å². The summed E-state index contributed by atoms with van der Waals surface area (Å²) in [4.78, 5) is 10.9. The molecule has 16 heavy (non-hydrogen) atoms. The number of nitrogens with one attached hydrogen (secondary N) is 1. The molecule has 0 aliphatic carbocycles. The Balaban J connectivity index is 4.28. The molecule has 0 heterocycles. The fourth-order valence-electron chi connectivity index (χ4n) is 1.92. The van der Waals surface area contributed by atoms with Gasteiger partial charge in [0.25, 0.3) is 0 Å². The molecule has 0 aromatic carbocycles. The van der Waals surface area contributed by atoms with Crippen LogP contribution >= 0.6 is 0 Å². The van der Waals surface area contributed by atoms with Crippen LogP contribution in [0.2, 0.25) is 0 Å².